The molecular formula is C6H9Cl3. The fraction of sp³-hybridized carbons (Fsp3) is 0.667. The molecule has 0 aliphatic heterocycles. The Labute approximate surface area is 70.8 Å². The first-order valence-corrected chi connectivity index (χ1v) is 3.94. The van der Waals surface area contributed by atoms with Gasteiger partial charge in [-0.05, 0) is 12.5 Å². The van der Waals surface area contributed by atoms with Crippen LogP contribution in [0.1, 0.15) is 19.8 Å². The standard InChI is InChI=1S/C6H9Cl3/c1-2-3-4-5-6(7,8)9/h4-5H,2-3H2,1H3. The molecule has 0 saturated heterocycles. The molecule has 0 aromatic heterocycles. The van der Waals surface area contributed by atoms with Gasteiger partial charge in [-0.15, -0.1) is 0 Å². The summed E-state index contributed by atoms with van der Waals surface area (Å²) in [7, 11) is 0. The van der Waals surface area contributed by atoms with E-state index < -0.39 is 3.79 Å². The molecule has 0 fully saturated rings. The molecule has 54 valence electrons. The molecule has 0 bridgehead atoms. The van der Waals surface area contributed by atoms with Crippen molar-refractivity contribution in [2.24, 2.45) is 0 Å². The smallest absolute Gasteiger partial charge is 0.0843 e. The summed E-state index contributed by atoms with van der Waals surface area (Å²) in [5.41, 5.74) is 0. The lowest BCUT2D eigenvalue weighted by Crippen LogP contribution is -1.93. The quantitative estimate of drug-likeness (QED) is 0.457. The number of allylic oxidation sites excluding steroid dienone is 2. The van der Waals surface area contributed by atoms with Crippen LogP contribution < -0.4 is 0 Å². The monoisotopic (exact) mass is 186 g/mol. The molecule has 0 atom stereocenters. The number of unbranched alkanes of at least 4 members (excludes halogenated alkanes) is 1. The maximum Gasteiger partial charge on any atom is 0.209 e. The molecule has 3 heteroatoms. The Morgan fingerprint density at radius 1 is 1.33 bits per heavy atom. The zero-order chi connectivity index (χ0) is 7.33. The molecule has 0 aromatic carbocycles. The van der Waals surface area contributed by atoms with E-state index in [0.717, 1.165) is 12.8 Å². The van der Waals surface area contributed by atoms with Crippen LogP contribution in [0.3, 0.4) is 0 Å². The van der Waals surface area contributed by atoms with Crippen LogP contribution in [0.4, 0.5) is 0 Å². The SMILES string of the molecule is CCCC=CC(Cl)(Cl)Cl. The Bertz CT molecular complexity index is 91.0. The summed E-state index contributed by atoms with van der Waals surface area (Å²) in [5.74, 6) is 0. The summed E-state index contributed by atoms with van der Waals surface area (Å²) in [6, 6.07) is 0. The summed E-state index contributed by atoms with van der Waals surface area (Å²) in [6.45, 7) is 2.07. The van der Waals surface area contributed by atoms with Crippen molar-refractivity contribution in [3.8, 4) is 0 Å². The molecule has 0 unspecified atom stereocenters. The van der Waals surface area contributed by atoms with Crippen molar-refractivity contribution >= 4 is 34.8 Å². The fourth-order valence-electron chi connectivity index (χ4n) is 0.384. The predicted molar refractivity (Wildman–Crippen MR) is 44.3 cm³/mol. The molecular weight excluding hydrogens is 178 g/mol. The second kappa shape index (κ2) is 4.43. The largest absolute Gasteiger partial charge is 0.209 e. The van der Waals surface area contributed by atoms with E-state index >= 15 is 0 Å². The maximum atomic E-state index is 5.41. The molecule has 0 amide bonds. The highest BCUT2D eigenvalue weighted by molar-refractivity contribution is 6.68. The summed E-state index contributed by atoms with van der Waals surface area (Å²) in [5, 5.41) is 0. The van der Waals surface area contributed by atoms with Crippen LogP contribution in [0.2, 0.25) is 0 Å². The molecule has 9 heavy (non-hydrogen) atoms. The minimum absolute atomic E-state index is 0.966. The van der Waals surface area contributed by atoms with Crippen molar-refractivity contribution in [1.82, 2.24) is 0 Å². The summed E-state index contributed by atoms with van der Waals surface area (Å²) < 4.78 is -1.21. The van der Waals surface area contributed by atoms with Gasteiger partial charge in [0.05, 0.1) is 0 Å². The number of halogens is 3. The first kappa shape index (κ1) is 9.61. The van der Waals surface area contributed by atoms with E-state index in [2.05, 4.69) is 6.92 Å². The van der Waals surface area contributed by atoms with Crippen molar-refractivity contribution in [2.45, 2.75) is 23.6 Å². The predicted octanol–water partition coefficient (Wildman–Crippen LogP) is 3.71. The average molecular weight is 187 g/mol. The van der Waals surface area contributed by atoms with Crippen molar-refractivity contribution in [2.75, 3.05) is 0 Å². The topological polar surface area (TPSA) is 0 Å². The van der Waals surface area contributed by atoms with Gasteiger partial charge in [-0.2, -0.15) is 0 Å². The zero-order valence-corrected chi connectivity index (χ0v) is 7.47. The Morgan fingerprint density at radius 3 is 2.22 bits per heavy atom. The number of rotatable bonds is 2. The van der Waals surface area contributed by atoms with E-state index in [1.165, 1.54) is 0 Å². The van der Waals surface area contributed by atoms with E-state index in [-0.39, 0.29) is 0 Å². The van der Waals surface area contributed by atoms with Crippen LogP contribution in [-0.2, 0) is 0 Å². The lowest BCUT2D eigenvalue weighted by molar-refractivity contribution is 0.955. The Balaban J connectivity index is 3.45. The molecule has 0 rings (SSSR count). The highest BCUT2D eigenvalue weighted by atomic mass is 35.6. The molecule has 0 aliphatic carbocycles. The van der Waals surface area contributed by atoms with Crippen LogP contribution >= 0.6 is 34.8 Å². The van der Waals surface area contributed by atoms with E-state index in [0.29, 0.717) is 0 Å². The minimum atomic E-state index is -1.21. The zero-order valence-electron chi connectivity index (χ0n) is 5.20. The Kier molecular flexibility index (Phi) is 4.73. The van der Waals surface area contributed by atoms with Gasteiger partial charge in [0.15, 0.2) is 0 Å². The lowest BCUT2D eigenvalue weighted by Gasteiger charge is -2.00. The molecule has 0 radical (unpaired) electrons. The minimum Gasteiger partial charge on any atom is -0.0843 e. The van der Waals surface area contributed by atoms with Crippen molar-refractivity contribution in [1.29, 1.82) is 0 Å². The first-order valence-electron chi connectivity index (χ1n) is 2.80. The summed E-state index contributed by atoms with van der Waals surface area (Å²) in [6.07, 6.45) is 5.49. The lowest BCUT2D eigenvalue weighted by atomic mass is 10.3. The molecule has 0 heterocycles. The first-order chi connectivity index (χ1) is 4.06. The average Bonchev–Trinajstić information content (AvgIpc) is 1.63. The molecule has 0 aromatic rings. The van der Waals surface area contributed by atoms with Gasteiger partial charge in [-0.1, -0.05) is 54.2 Å². The van der Waals surface area contributed by atoms with Gasteiger partial charge in [-0.3, -0.25) is 0 Å². The molecule has 0 spiro atoms. The van der Waals surface area contributed by atoms with Gasteiger partial charge < -0.3 is 0 Å². The number of hydrogen-bond donors (Lipinski definition) is 0. The maximum absolute atomic E-state index is 5.41. The molecule has 0 aliphatic rings. The van der Waals surface area contributed by atoms with Gasteiger partial charge >= 0.3 is 0 Å². The normalized spacial score (nSPS) is 12.9. The molecule has 0 saturated carbocycles. The third kappa shape index (κ3) is 8.61. The van der Waals surface area contributed by atoms with Gasteiger partial charge in [-0.25, -0.2) is 0 Å². The van der Waals surface area contributed by atoms with E-state index in [1.807, 2.05) is 6.08 Å². The Morgan fingerprint density at radius 2 is 1.89 bits per heavy atom. The third-order valence-electron chi connectivity index (χ3n) is 0.762. The third-order valence-corrected chi connectivity index (χ3v) is 1.14. The number of alkyl halides is 3. The van der Waals surface area contributed by atoms with Crippen molar-refractivity contribution in [3.63, 3.8) is 0 Å². The second-order valence-electron chi connectivity index (χ2n) is 1.73. The molecule has 0 nitrogen and oxygen atoms in total. The summed E-state index contributed by atoms with van der Waals surface area (Å²) in [4.78, 5) is 0. The van der Waals surface area contributed by atoms with E-state index in [1.54, 1.807) is 6.08 Å². The molecule has 0 N–H and O–H groups in total. The van der Waals surface area contributed by atoms with Crippen LogP contribution in [-0.4, -0.2) is 3.79 Å². The summed E-state index contributed by atoms with van der Waals surface area (Å²) >= 11 is 16.2. The van der Waals surface area contributed by atoms with Crippen LogP contribution in [0.15, 0.2) is 12.2 Å². The highest BCUT2D eigenvalue weighted by Crippen LogP contribution is 2.27. The van der Waals surface area contributed by atoms with Gasteiger partial charge in [0.2, 0.25) is 3.79 Å². The fourth-order valence-corrected chi connectivity index (χ4v) is 0.651. The van der Waals surface area contributed by atoms with Crippen LogP contribution in [0.5, 0.6) is 0 Å². The van der Waals surface area contributed by atoms with Crippen LogP contribution in [0, 0.1) is 0 Å². The van der Waals surface area contributed by atoms with E-state index in [9.17, 15) is 0 Å². The van der Waals surface area contributed by atoms with Gasteiger partial charge in [0.25, 0.3) is 0 Å². The Hall–Kier alpha value is 0.610. The van der Waals surface area contributed by atoms with Crippen molar-refractivity contribution in [3.05, 3.63) is 12.2 Å². The van der Waals surface area contributed by atoms with Gasteiger partial charge in [0, 0.05) is 0 Å². The van der Waals surface area contributed by atoms with Crippen LogP contribution in [0.25, 0.3) is 0 Å². The highest BCUT2D eigenvalue weighted by Gasteiger charge is 2.12. The number of hydrogen-bond acceptors (Lipinski definition) is 0. The second-order valence-corrected chi connectivity index (χ2v) is 4.10. The van der Waals surface area contributed by atoms with Gasteiger partial charge in [0.1, 0.15) is 0 Å². The van der Waals surface area contributed by atoms with Crippen molar-refractivity contribution < 1.29 is 0 Å². The van der Waals surface area contributed by atoms with E-state index in [4.69, 9.17) is 34.8 Å².